The molecule has 0 heterocycles. The standard InChI is InChI=1S/C6H12N2O.C5H12N2.C4H10N2.C3H8N2O.3C3H6O.C2H8N2.CH6N2/c1-5(2)7-8(4)6(3)9;1-5(2)6-7(3)4;1-4(2)6-5-3;1-3(6)5(2)4;3*1-3(2)4;1-4(2)3;1-3-2/h1-4H3;1-4H3;5H,1-3H3;4H2,1-2H3;3*1-2H3;3H2,1-2H3;3H,2H2,1H3. The molecule has 0 spiro atoms. The summed E-state index contributed by atoms with van der Waals surface area (Å²) in [6, 6.07) is 0. The number of ketones is 3. The van der Waals surface area contributed by atoms with E-state index in [4.69, 9.17) is 11.7 Å². The van der Waals surface area contributed by atoms with Crippen molar-refractivity contribution in [3.8, 4) is 0 Å². The minimum absolute atomic E-state index is 0.0452. The van der Waals surface area contributed by atoms with Crippen LogP contribution in [-0.4, -0.2) is 123 Å². The molecule has 0 saturated carbocycles. The number of hydrazine groups is 3. The molecule has 0 saturated heterocycles. The normalized spacial score (nSPS) is 7.53. The van der Waals surface area contributed by atoms with Gasteiger partial charge >= 0.3 is 0 Å². The highest BCUT2D eigenvalue weighted by Crippen LogP contribution is 1.85. The Morgan fingerprint density at radius 2 is 0.723 bits per heavy atom. The predicted octanol–water partition coefficient (Wildman–Crippen LogP) is 2.03. The first kappa shape index (κ1) is 65.9. The molecule has 17 heteroatoms. The van der Waals surface area contributed by atoms with Gasteiger partial charge in [-0.2, -0.15) is 15.3 Å². The fourth-order valence-corrected chi connectivity index (χ4v) is 0.994. The maximum atomic E-state index is 10.5. The number of nitrogens with two attached hydrogens (primary N) is 3. The lowest BCUT2D eigenvalue weighted by molar-refractivity contribution is -0.128. The zero-order valence-electron chi connectivity index (χ0n) is 33.9. The smallest absolute Gasteiger partial charge is 0.239 e. The van der Waals surface area contributed by atoms with E-state index in [1.165, 1.54) is 72.5 Å². The molecule has 17 nitrogen and oxygen atoms in total. The minimum atomic E-state index is -0.130. The summed E-state index contributed by atoms with van der Waals surface area (Å²) in [5.41, 5.74) is 7.93. The Morgan fingerprint density at radius 1 is 0.511 bits per heavy atom. The Balaban J connectivity index is -0.0000000504. The van der Waals surface area contributed by atoms with Crippen molar-refractivity contribution in [2.75, 3.05) is 56.4 Å². The maximum Gasteiger partial charge on any atom is 0.239 e. The minimum Gasteiger partial charge on any atom is -0.313 e. The number of hydrazone groups is 3. The Bertz CT molecular complexity index is 788. The summed E-state index contributed by atoms with van der Waals surface area (Å²) >= 11 is 0. The van der Waals surface area contributed by atoms with Gasteiger partial charge in [0.05, 0.1) is 0 Å². The summed E-state index contributed by atoms with van der Waals surface area (Å²) in [6.07, 6.45) is 0. The molecular weight excluding hydrogens is 608 g/mol. The van der Waals surface area contributed by atoms with Crippen LogP contribution < -0.4 is 28.4 Å². The van der Waals surface area contributed by atoms with Crippen LogP contribution in [0.15, 0.2) is 15.3 Å². The number of hydrogen-bond acceptors (Lipinski definition) is 15. The van der Waals surface area contributed by atoms with E-state index in [9.17, 15) is 24.0 Å². The third-order valence-corrected chi connectivity index (χ3v) is 2.04. The van der Waals surface area contributed by atoms with Crippen molar-refractivity contribution in [3.63, 3.8) is 0 Å². The van der Waals surface area contributed by atoms with Crippen LogP contribution in [0.25, 0.3) is 0 Å². The zero-order chi connectivity index (χ0) is 40.5. The number of Topliss-reactive ketones (excluding diaryl/α,β-unsaturated/α-hetero) is 3. The quantitative estimate of drug-likeness (QED) is 0.124. The van der Waals surface area contributed by atoms with Gasteiger partial charge in [-0.15, -0.1) is 0 Å². The van der Waals surface area contributed by atoms with Crippen LogP contribution in [-0.2, 0) is 24.0 Å². The number of carbonyl (C=O) groups excluding carboxylic acids is 5. The molecule has 0 aliphatic carbocycles. The molecule has 0 radical (unpaired) electrons. The summed E-state index contributed by atoms with van der Waals surface area (Å²) in [5.74, 6) is 14.8. The lowest BCUT2D eigenvalue weighted by atomic mass is 10.5. The molecule has 0 aliphatic rings. The van der Waals surface area contributed by atoms with Crippen molar-refractivity contribution in [1.29, 1.82) is 0 Å². The molecule has 0 atom stereocenters. The van der Waals surface area contributed by atoms with E-state index in [0.717, 1.165) is 22.1 Å². The monoisotopic (exact) mass is 683 g/mol. The number of amides is 2. The number of hydrogen-bond donors (Lipinski definition) is 5. The van der Waals surface area contributed by atoms with Gasteiger partial charge in [-0.25, -0.2) is 10.9 Å². The topological polar surface area (TPSA) is 238 Å². The zero-order valence-corrected chi connectivity index (χ0v) is 33.9. The highest BCUT2D eigenvalue weighted by molar-refractivity contribution is 5.81. The fraction of sp³-hybridized carbons (Fsp3) is 0.733. The molecule has 2 amide bonds. The average molecular weight is 683 g/mol. The Kier molecular flexibility index (Phi) is 72.8. The Morgan fingerprint density at radius 3 is 0.745 bits per heavy atom. The van der Waals surface area contributed by atoms with E-state index in [1.807, 2.05) is 55.6 Å². The molecule has 0 aromatic carbocycles. The summed E-state index contributed by atoms with van der Waals surface area (Å²) < 4.78 is 0. The van der Waals surface area contributed by atoms with E-state index < -0.39 is 0 Å². The summed E-state index contributed by atoms with van der Waals surface area (Å²) in [6.45, 7) is 23.6. The van der Waals surface area contributed by atoms with Crippen LogP contribution in [0.4, 0.5) is 0 Å². The average Bonchev–Trinajstić information content (AvgIpc) is 2.77. The van der Waals surface area contributed by atoms with E-state index >= 15 is 0 Å². The molecule has 284 valence electrons. The summed E-state index contributed by atoms with van der Waals surface area (Å²) in [7, 11) is 13.9. The molecule has 0 bridgehead atoms. The van der Waals surface area contributed by atoms with Crippen molar-refractivity contribution >= 4 is 46.3 Å². The third-order valence-electron chi connectivity index (χ3n) is 2.04. The molecule has 0 fully saturated rings. The Hall–Kier alpha value is -3.64. The van der Waals surface area contributed by atoms with Crippen molar-refractivity contribution in [3.05, 3.63) is 0 Å². The fourth-order valence-electron chi connectivity index (χ4n) is 0.994. The van der Waals surface area contributed by atoms with Crippen molar-refractivity contribution < 1.29 is 24.0 Å². The first-order chi connectivity index (χ1) is 20.9. The van der Waals surface area contributed by atoms with E-state index in [2.05, 4.69) is 32.0 Å². The van der Waals surface area contributed by atoms with Gasteiger partial charge < -0.3 is 24.8 Å². The molecular formula is C30H74N12O5. The lowest BCUT2D eigenvalue weighted by Gasteiger charge is -2.06. The highest BCUT2D eigenvalue weighted by atomic mass is 16.2. The second kappa shape index (κ2) is 51.9. The lowest BCUT2D eigenvalue weighted by Crippen LogP contribution is -2.30. The van der Waals surface area contributed by atoms with Gasteiger partial charge in [0.25, 0.3) is 0 Å². The summed E-state index contributed by atoms with van der Waals surface area (Å²) in [5, 5.41) is 17.3. The molecule has 47 heavy (non-hydrogen) atoms. The highest BCUT2D eigenvalue weighted by Gasteiger charge is 1.96. The van der Waals surface area contributed by atoms with Crippen LogP contribution in [0.2, 0.25) is 0 Å². The van der Waals surface area contributed by atoms with E-state index in [-0.39, 0.29) is 29.2 Å². The van der Waals surface area contributed by atoms with Gasteiger partial charge in [0.15, 0.2) is 0 Å². The first-order valence-electron chi connectivity index (χ1n) is 14.3. The molecule has 0 unspecified atom stereocenters. The van der Waals surface area contributed by atoms with Gasteiger partial charge in [-0.05, 0) is 90.1 Å². The van der Waals surface area contributed by atoms with Gasteiger partial charge in [-0.3, -0.25) is 36.7 Å². The number of nitrogens with zero attached hydrogens (tertiary/aromatic N) is 7. The molecule has 0 aromatic heterocycles. The van der Waals surface area contributed by atoms with E-state index in [1.54, 1.807) is 40.2 Å². The van der Waals surface area contributed by atoms with Crippen molar-refractivity contribution in [2.24, 2.45) is 32.8 Å². The predicted molar refractivity (Wildman–Crippen MR) is 200 cm³/mol. The van der Waals surface area contributed by atoms with Crippen LogP contribution in [0.3, 0.4) is 0 Å². The van der Waals surface area contributed by atoms with Gasteiger partial charge in [0.2, 0.25) is 11.8 Å². The van der Waals surface area contributed by atoms with Gasteiger partial charge in [-0.1, -0.05) is 0 Å². The van der Waals surface area contributed by atoms with Crippen LogP contribution in [0.5, 0.6) is 0 Å². The SMILES string of the molecule is CC(=O)N(C)N.CC(=O)N(C)N=C(C)C.CC(C)=NN(C)C.CC(C)=O.CC(C)=O.CC(C)=O.CN(C)N.CNN.CNN=C(C)C. The molecule has 0 rings (SSSR count). The summed E-state index contributed by atoms with van der Waals surface area (Å²) in [4.78, 5) is 48.8. The van der Waals surface area contributed by atoms with Gasteiger partial charge in [0, 0.05) is 80.3 Å². The number of rotatable bonds is 3. The second-order valence-corrected chi connectivity index (χ2v) is 10.4. The van der Waals surface area contributed by atoms with Crippen molar-refractivity contribution in [2.45, 2.75) is 96.9 Å². The molecule has 0 aromatic rings. The first-order valence-corrected chi connectivity index (χ1v) is 14.3. The maximum absolute atomic E-state index is 10.5. The van der Waals surface area contributed by atoms with Crippen LogP contribution >= 0.6 is 0 Å². The molecule has 8 N–H and O–H groups in total. The molecule has 0 aliphatic heterocycles. The van der Waals surface area contributed by atoms with E-state index in [0.29, 0.717) is 0 Å². The van der Waals surface area contributed by atoms with Crippen molar-refractivity contribution in [1.82, 2.24) is 30.9 Å². The second-order valence-electron chi connectivity index (χ2n) is 10.4. The largest absolute Gasteiger partial charge is 0.313 e. The number of carbonyl (C=O) groups is 5. The Labute approximate surface area is 287 Å². The van der Waals surface area contributed by atoms with Crippen LogP contribution in [0.1, 0.15) is 96.9 Å². The third kappa shape index (κ3) is 292. The van der Waals surface area contributed by atoms with Crippen LogP contribution in [0, 0.1) is 0 Å². The number of nitrogens with one attached hydrogen (secondary N) is 2. The van der Waals surface area contributed by atoms with Gasteiger partial charge in [0.1, 0.15) is 17.3 Å².